The molecule has 0 radical (unpaired) electrons. The third-order valence-corrected chi connectivity index (χ3v) is 21.4. The maximum atomic E-state index is 16.4. The molecule has 7 aliphatic heterocycles. The number of thioether (sulfide) groups is 1. The van der Waals surface area contributed by atoms with E-state index in [9.17, 15) is 69.6 Å². The normalized spacial score (nSPS) is 23.5. The van der Waals surface area contributed by atoms with Crippen LogP contribution in [0.15, 0.2) is 157 Å². The number of methoxy groups -OCH3 is 1. The number of aromatic nitrogens is 1. The van der Waals surface area contributed by atoms with Crippen LogP contribution in [-0.2, 0) is 81.2 Å². The maximum Gasteiger partial charge on any atom is 0.333 e. The number of aliphatic hydroxyl groups excluding tert-OH is 2. The zero-order valence-corrected chi connectivity index (χ0v) is 63.6. The second kappa shape index (κ2) is 32.7. The molecule has 8 aromatic carbocycles. The Balaban J connectivity index is 0.937. The van der Waals surface area contributed by atoms with E-state index in [-0.39, 0.29) is 66.8 Å². The molecule has 8 heterocycles. The molecule has 1 fully saturated rings. The molecule has 16 rings (SSSR count). The second-order valence-electron chi connectivity index (χ2n) is 28.1. The highest BCUT2D eigenvalue weighted by atomic mass is 32.2. The van der Waals surface area contributed by atoms with Crippen LogP contribution in [0.25, 0.3) is 21.9 Å². The number of aromatic hydroxyl groups is 6. The van der Waals surface area contributed by atoms with Crippen LogP contribution in [0, 0.1) is 6.92 Å². The van der Waals surface area contributed by atoms with Crippen molar-refractivity contribution < 1.29 is 136 Å². The number of aliphatic hydroxyl groups is 2. The summed E-state index contributed by atoms with van der Waals surface area (Å²) in [5, 5.41) is 112. The van der Waals surface area contributed by atoms with E-state index in [4.69, 9.17) is 42.6 Å². The number of esters is 5. The van der Waals surface area contributed by atoms with E-state index >= 15 is 24.0 Å². The summed E-state index contributed by atoms with van der Waals surface area (Å²) in [7, 11) is 0.957. The van der Waals surface area contributed by atoms with Crippen molar-refractivity contribution in [2.45, 2.75) is 124 Å². The lowest BCUT2D eigenvalue weighted by Gasteiger charge is -2.44. The Labute approximate surface area is 671 Å². The largest absolute Gasteiger partial charge is 0.508 e. The second-order valence-corrected chi connectivity index (χ2v) is 29.2. The number of nitrogens with zero attached hydrogens (tertiary/aromatic N) is 1. The summed E-state index contributed by atoms with van der Waals surface area (Å²) < 4.78 is 54.9. The number of nitrogens with one attached hydrogen (secondary N) is 6. The predicted molar refractivity (Wildman–Crippen MR) is 406 cm³/mol. The summed E-state index contributed by atoms with van der Waals surface area (Å²) in [5.41, 5.74) is -4.08. The van der Waals surface area contributed by atoms with E-state index in [2.05, 4.69) is 31.9 Å². The van der Waals surface area contributed by atoms with Crippen molar-refractivity contribution in [2.75, 3.05) is 13.7 Å². The molecule has 14 N–H and O–H groups in total. The predicted octanol–water partition coefficient (Wildman–Crippen LogP) is 6.29. The number of fused-ring (bicyclic) bond motifs is 15. The number of amides is 6. The number of benzene rings is 8. The van der Waals surface area contributed by atoms with Crippen molar-refractivity contribution in [1.29, 1.82) is 0 Å². The average Bonchev–Trinajstić information content (AvgIpc) is 1.38. The van der Waals surface area contributed by atoms with Crippen LogP contribution < -0.4 is 46.1 Å². The summed E-state index contributed by atoms with van der Waals surface area (Å²) in [5.74, 6) is -18.8. The number of rotatable bonds is 9. The summed E-state index contributed by atoms with van der Waals surface area (Å²) in [6, 6.07) is 15.1. The fourth-order valence-electron chi connectivity index (χ4n) is 14.5. The van der Waals surface area contributed by atoms with Crippen LogP contribution in [0.3, 0.4) is 0 Å². The molecule has 0 unspecified atom stereocenters. The minimum atomic E-state index is -2.26. The number of phenolic OH excluding ortho intramolecular Hbond substituents is 6. The highest BCUT2D eigenvalue weighted by molar-refractivity contribution is 8.00. The van der Waals surface area contributed by atoms with Crippen molar-refractivity contribution in [3.63, 3.8) is 0 Å². The molecule has 1 aromatic heterocycles. The van der Waals surface area contributed by atoms with Gasteiger partial charge in [-0.25, -0.2) is 4.79 Å². The van der Waals surface area contributed by atoms with Gasteiger partial charge in [-0.1, -0.05) is 72.4 Å². The first-order valence-corrected chi connectivity index (χ1v) is 37.2. The van der Waals surface area contributed by atoms with Crippen LogP contribution in [-0.4, -0.2) is 166 Å². The molecule has 17 bridgehead atoms. The van der Waals surface area contributed by atoms with E-state index in [0.717, 1.165) is 101 Å². The molecule has 118 heavy (non-hydrogen) atoms. The van der Waals surface area contributed by atoms with Gasteiger partial charge in [-0.05, 0) is 119 Å². The number of carbonyl (C=O) groups excluding carboxylic acids is 11. The molecule has 7 aliphatic rings. The molecule has 610 valence electrons. The Morgan fingerprint density at radius 1 is 0.483 bits per heavy atom. The maximum absolute atomic E-state index is 16.4. The first kappa shape index (κ1) is 80.5. The summed E-state index contributed by atoms with van der Waals surface area (Å²) in [6.45, 7) is 4.98. The van der Waals surface area contributed by atoms with Crippen LogP contribution >= 0.6 is 11.8 Å². The van der Waals surface area contributed by atoms with Gasteiger partial charge in [0.1, 0.15) is 101 Å². The molecule has 1 saturated heterocycles. The zero-order chi connectivity index (χ0) is 84.1. The third-order valence-electron chi connectivity index (χ3n) is 20.1. The average molecular weight is 1640 g/mol. The van der Waals surface area contributed by atoms with Gasteiger partial charge in [0.2, 0.25) is 41.2 Å². The molecule has 0 saturated carbocycles. The lowest BCUT2D eigenvalue weighted by molar-refractivity contribution is -0.237. The summed E-state index contributed by atoms with van der Waals surface area (Å²) in [6.07, 6.45) is -9.11. The van der Waals surface area contributed by atoms with Crippen molar-refractivity contribution in [2.24, 2.45) is 0 Å². The van der Waals surface area contributed by atoms with Crippen LogP contribution in [0.4, 0.5) is 0 Å². The molecule has 0 aliphatic carbocycles. The standard InChI is InChI=1S/C82H73N7O28S/c1-33-53(97)24-43-26-55(33)116-56-25-41(16-22-52(56)96)67(89-31-42-9-7-8-10-48(42)80(89)118-82-73(113-37(5)93)72(112-36(4)92)71(111-35(3)91)59(117-82)32-110-34(2)90)79(107)88-66-69(100)39-13-19-47(20-14-39)115-58-28-44-27-57(70(58)101)114-46-17-11-38(12-18-46)68(99)65-78(106)86-64(81(108)109-6)50-29-45(94)30-54(98)60(50)49-23-40(15-21-51(49)95)61(74(102)87-65)83-76(104)63(44)84-75(103)62(43)85-77(66)105/h7-31,59,61-69,71-73,82,94-101H,32H2,1-6H3,(H,83,104)(H,84,103)(H,85,105)(H,86,106)(H,87,102)(H,88,107)/t59-,61-,62+,63-,64-,65+,66-,67-,68-,69-,71-,72+,73-,82+/m1/s1. The van der Waals surface area contributed by atoms with E-state index in [1.54, 1.807) is 24.3 Å². The SMILES string of the molecule is COC(=O)[C@@H]1NC(=O)[C@H]2NC(=O)[C@H](NC(=O)[C@@H]3NC(=O)[C@H]4NC(=O)[C@H](NC(=O)[C@H](n5cc6ccccc6c5S[C@@H]5O[C@H](COC(C)=O)[C@@H](OC(C)=O)[C@H](OC(C)=O)[C@H]5OC(C)=O)c5ccc(O)c(c5)Oc5cc4cc(O)c5C)[C@H](O)c4ccc(cc4)Oc4cc3cc(c4O)Oc3ccc(cc3)[C@H]2O)c2ccc(O)c(c2)-c2c(O)cc(O)cc21. The molecular formula is C82H73N7O28S. The quantitative estimate of drug-likeness (QED) is 0.0558. The monoisotopic (exact) mass is 1640 g/mol. The minimum Gasteiger partial charge on any atom is -0.508 e. The smallest absolute Gasteiger partial charge is 0.333 e. The van der Waals surface area contributed by atoms with Crippen LogP contribution in [0.1, 0.15) is 115 Å². The van der Waals surface area contributed by atoms with Gasteiger partial charge < -0.3 is 120 Å². The molecule has 35 nitrogen and oxygen atoms in total. The van der Waals surface area contributed by atoms with Crippen LogP contribution in [0.5, 0.6) is 69.0 Å². The fraction of sp³-hybridized carbons (Fsp3) is 0.256. The molecule has 36 heteroatoms. The lowest BCUT2D eigenvalue weighted by atomic mass is 9.89. The Kier molecular flexibility index (Phi) is 22.3. The zero-order valence-electron chi connectivity index (χ0n) is 62.8. The topological polar surface area (TPSA) is 510 Å². The number of ether oxygens (including phenoxy) is 9. The van der Waals surface area contributed by atoms with Gasteiger partial charge in [0.15, 0.2) is 52.8 Å². The highest BCUT2D eigenvalue weighted by Crippen LogP contribution is 2.50. The third kappa shape index (κ3) is 16.1. The number of hydrogen-bond donors (Lipinski definition) is 14. The molecule has 0 spiro atoms. The van der Waals surface area contributed by atoms with Crippen LogP contribution in [0.2, 0.25) is 0 Å². The minimum absolute atomic E-state index is 0.0429. The molecular weight excluding hydrogens is 1560 g/mol. The fourth-order valence-corrected chi connectivity index (χ4v) is 15.9. The highest BCUT2D eigenvalue weighted by Gasteiger charge is 2.54. The van der Waals surface area contributed by atoms with Crippen molar-refractivity contribution in [3.8, 4) is 80.1 Å². The molecule has 6 amide bonds. The van der Waals surface area contributed by atoms with Crippen molar-refractivity contribution in [1.82, 2.24) is 36.5 Å². The Hall–Kier alpha value is -14.1. The number of phenols is 6. The van der Waals surface area contributed by atoms with Gasteiger partial charge in [-0.3, -0.25) is 47.9 Å². The van der Waals surface area contributed by atoms with E-state index < -0.39 is 219 Å². The van der Waals surface area contributed by atoms with Gasteiger partial charge in [0, 0.05) is 73.0 Å². The first-order valence-electron chi connectivity index (χ1n) is 36.3. The van der Waals surface area contributed by atoms with E-state index in [1.165, 1.54) is 84.4 Å². The van der Waals surface area contributed by atoms with Gasteiger partial charge in [-0.15, -0.1) is 0 Å². The Morgan fingerprint density at radius 3 is 1.61 bits per heavy atom. The van der Waals surface area contributed by atoms with Gasteiger partial charge in [-0.2, -0.15) is 0 Å². The van der Waals surface area contributed by atoms with E-state index in [1.807, 2.05) is 0 Å². The van der Waals surface area contributed by atoms with Crippen molar-refractivity contribution >= 4 is 87.8 Å². The number of hydrogen-bond acceptors (Lipinski definition) is 29. The Morgan fingerprint density at radius 2 is 1.00 bits per heavy atom. The Bertz CT molecular complexity index is 5620. The van der Waals surface area contributed by atoms with Gasteiger partial charge in [0.05, 0.1) is 12.1 Å². The lowest BCUT2D eigenvalue weighted by Crippen LogP contribution is -2.61. The van der Waals surface area contributed by atoms with Gasteiger partial charge in [0.25, 0.3) is 0 Å². The number of carbonyl (C=O) groups is 11. The summed E-state index contributed by atoms with van der Waals surface area (Å²) >= 11 is 0.777. The van der Waals surface area contributed by atoms with E-state index in [0.29, 0.717) is 10.8 Å². The molecule has 14 atom stereocenters. The first-order chi connectivity index (χ1) is 56.3. The molecule has 9 aromatic rings. The summed E-state index contributed by atoms with van der Waals surface area (Å²) in [4.78, 5) is 161. The van der Waals surface area contributed by atoms with Gasteiger partial charge >= 0.3 is 29.8 Å². The van der Waals surface area contributed by atoms with Crippen molar-refractivity contribution in [3.05, 3.63) is 196 Å².